The van der Waals surface area contributed by atoms with Gasteiger partial charge in [-0.15, -0.1) is 0 Å². The van der Waals surface area contributed by atoms with Gasteiger partial charge in [-0.1, -0.05) is 30.7 Å². The Labute approximate surface area is 578 Å². The lowest BCUT2D eigenvalue weighted by atomic mass is 9.96. The topological polar surface area (TPSA) is 508 Å². The number of unbranched alkanes of at least 4 members (excludes halogenated alkanes) is 3. The lowest BCUT2D eigenvalue weighted by Crippen LogP contribution is -2.42. The fraction of sp³-hybridized carbons (Fsp3) is 0.478. The van der Waals surface area contributed by atoms with Gasteiger partial charge in [-0.05, 0) is 162 Å². The van der Waals surface area contributed by atoms with Crippen molar-refractivity contribution in [2.24, 2.45) is 60.8 Å². The molecule has 5 atom stereocenters. The number of ketones is 4. The number of benzene rings is 4. The first-order valence-electron chi connectivity index (χ1n) is 32.9. The normalized spacial score (nSPS) is 12.4. The number of guanidine groups is 3. The Balaban J connectivity index is 1.58. The van der Waals surface area contributed by atoms with Gasteiger partial charge in [0.1, 0.15) is 23.0 Å². The van der Waals surface area contributed by atoms with Crippen LogP contribution in [-0.2, 0) is 49.7 Å². The number of ether oxygens (including phenoxy) is 4. The first-order chi connectivity index (χ1) is 47.3. The minimum absolute atomic E-state index is 0.0134. The molecule has 0 heterocycles. The molecule has 1 unspecified atom stereocenters. The number of Topliss-reactive ketones (excluding diaryl/α,β-unsaturated/α-hetero) is 4. The number of carbonyl (C=O) groups excluding carboxylic acids is 9. The monoisotopic (exact) mass is 1380 g/mol. The zero-order valence-corrected chi connectivity index (χ0v) is 57.6. The van der Waals surface area contributed by atoms with Crippen LogP contribution >= 0.6 is 0 Å². The Kier molecular flexibility index (Phi) is 35.4. The van der Waals surface area contributed by atoms with Crippen molar-refractivity contribution in [1.29, 1.82) is 0 Å². The number of aliphatic imine (C=N–C) groups is 3. The van der Waals surface area contributed by atoms with Crippen LogP contribution in [0.15, 0.2) is 87.8 Å². The number of rotatable bonds is 47. The fourth-order valence-corrected chi connectivity index (χ4v) is 10.5. The third-order valence-corrected chi connectivity index (χ3v) is 15.8. The van der Waals surface area contributed by atoms with Crippen molar-refractivity contribution < 1.29 is 62.1 Å². The third-order valence-electron chi connectivity index (χ3n) is 15.8. The molecule has 0 spiro atoms. The van der Waals surface area contributed by atoms with Crippen LogP contribution in [0.25, 0.3) is 0 Å². The summed E-state index contributed by atoms with van der Waals surface area (Å²) in [5.74, 6) is -4.30. The number of nitrogens with zero attached hydrogens (tertiary/aromatic N) is 3. The van der Waals surface area contributed by atoms with Crippen LogP contribution in [0.5, 0.6) is 23.0 Å². The molecule has 4 aromatic rings. The standard InChI is InChI=1S/C69H101N17O13/c1-41(83-62(91)18-8-11-28-78-42(2)71)54(87)37-43-19-24-59(97-4)48(34-43)64(93)84-52(16-13-31-81-68(74)75)56(89)39-45-21-26-61(99-6)50(36-45)66(95)86-53(17-14-32-82-69(76)77)57(90)40-46-22-25-60(98-5)49(35-46)65(94)85-51(15-12-30-80-67(72)73)55(88)38-44-20-23-58(96-3)47(33-44)63(92)79-29-10-7-9-27-70/h19-26,33-36,41-42,51-53,78H,7-18,27-32,37-40,70-71H2,1-6H3,(H,79,92)(H,83,91)(H,84,93)(H,85,94)(H,86,95)(H4,72,73,80)(H4,74,75,81)(H4,76,77,82)/t41-,42?,51-,52-,53-/m1/s1. The molecule has 0 aliphatic carbocycles. The van der Waals surface area contributed by atoms with Crippen LogP contribution in [0.1, 0.15) is 155 Å². The van der Waals surface area contributed by atoms with E-state index in [0.717, 1.165) is 25.7 Å². The van der Waals surface area contributed by atoms with Crippen molar-refractivity contribution in [2.75, 3.05) is 67.7 Å². The van der Waals surface area contributed by atoms with Crippen LogP contribution in [0.4, 0.5) is 0 Å². The van der Waals surface area contributed by atoms with Crippen molar-refractivity contribution in [1.82, 2.24) is 31.9 Å². The molecule has 22 N–H and O–H groups in total. The van der Waals surface area contributed by atoms with Gasteiger partial charge in [0.15, 0.2) is 41.0 Å². The van der Waals surface area contributed by atoms with E-state index in [1.165, 1.54) is 64.8 Å². The number of nitrogens with two attached hydrogens (primary N) is 8. The summed E-state index contributed by atoms with van der Waals surface area (Å²) in [6.07, 6.45) is 3.82. The maximum absolute atomic E-state index is 14.6. The molecule has 4 aromatic carbocycles. The molecular weight excluding hydrogens is 1270 g/mol. The second kappa shape index (κ2) is 43.2. The van der Waals surface area contributed by atoms with E-state index in [4.69, 9.17) is 64.8 Å². The molecule has 30 heteroatoms. The molecular formula is C69H101N17O13. The van der Waals surface area contributed by atoms with E-state index in [9.17, 15) is 43.2 Å². The van der Waals surface area contributed by atoms with Crippen molar-refractivity contribution in [3.05, 3.63) is 117 Å². The van der Waals surface area contributed by atoms with Gasteiger partial charge in [-0.2, -0.15) is 0 Å². The Bertz CT molecular complexity index is 3480. The molecule has 30 nitrogen and oxygen atoms in total. The van der Waals surface area contributed by atoms with E-state index in [0.29, 0.717) is 54.1 Å². The Morgan fingerprint density at radius 2 is 0.747 bits per heavy atom. The van der Waals surface area contributed by atoms with Crippen LogP contribution in [-0.4, -0.2) is 169 Å². The zero-order chi connectivity index (χ0) is 73.0. The van der Waals surface area contributed by atoms with Gasteiger partial charge in [-0.25, -0.2) is 0 Å². The number of methoxy groups -OCH3 is 4. The molecule has 0 saturated carbocycles. The smallest absolute Gasteiger partial charge is 0.255 e. The molecule has 99 heavy (non-hydrogen) atoms. The minimum atomic E-state index is -1.18. The summed E-state index contributed by atoms with van der Waals surface area (Å²) in [5, 5.41) is 17.2. The number of carbonyl (C=O) groups is 9. The van der Waals surface area contributed by atoms with Crippen LogP contribution in [0.3, 0.4) is 0 Å². The number of nitrogens with one attached hydrogen (secondary N) is 6. The number of amides is 5. The summed E-state index contributed by atoms with van der Waals surface area (Å²) in [6.45, 7) is 5.38. The third kappa shape index (κ3) is 28.8. The molecule has 4 rings (SSSR count). The predicted molar refractivity (Wildman–Crippen MR) is 379 cm³/mol. The Morgan fingerprint density at radius 3 is 1.07 bits per heavy atom. The molecule has 0 aliphatic heterocycles. The molecule has 0 aromatic heterocycles. The average molecular weight is 1380 g/mol. The molecule has 0 saturated heterocycles. The van der Waals surface area contributed by atoms with Crippen molar-refractivity contribution in [3.8, 4) is 23.0 Å². The second-order valence-electron chi connectivity index (χ2n) is 23.7. The van der Waals surface area contributed by atoms with E-state index in [1.54, 1.807) is 43.3 Å². The molecule has 0 bridgehead atoms. The SMILES string of the molecule is COc1ccc(CC(=O)[C@@H](CCCN=C(N)N)NC(=O)c2cc(CC(=O)[C@@H](CCCN=C(N)N)NC(=O)c3cc(CC(=O)[C@@H](CCCN=C(N)N)NC(=O)c4cc(CC(=O)[C@@H](C)NC(=O)CCCCNC(C)N)ccc4OC)ccc3OC)ccc2OC)cc1C(=O)NCCCCCN. The molecule has 0 fully saturated rings. The zero-order valence-electron chi connectivity index (χ0n) is 57.6. The summed E-state index contributed by atoms with van der Waals surface area (Å²) in [6, 6.07) is 14.2. The van der Waals surface area contributed by atoms with Gasteiger partial charge in [0.05, 0.1) is 81.0 Å². The van der Waals surface area contributed by atoms with Gasteiger partial charge in [0, 0.05) is 58.3 Å². The van der Waals surface area contributed by atoms with Crippen molar-refractivity contribution >= 4 is 70.5 Å². The maximum Gasteiger partial charge on any atom is 0.255 e. The lowest BCUT2D eigenvalue weighted by molar-refractivity contribution is -0.127. The Hall–Kier alpha value is -10.2. The summed E-state index contributed by atoms with van der Waals surface area (Å²) >= 11 is 0. The molecule has 0 radical (unpaired) electrons. The highest BCUT2D eigenvalue weighted by molar-refractivity contribution is 6.04. The first-order valence-corrected chi connectivity index (χ1v) is 32.9. The van der Waals surface area contributed by atoms with E-state index >= 15 is 0 Å². The lowest BCUT2D eigenvalue weighted by Gasteiger charge is -2.21. The quantitative estimate of drug-likeness (QED) is 0.0128. The van der Waals surface area contributed by atoms with Crippen LogP contribution in [0, 0.1) is 0 Å². The summed E-state index contributed by atoms with van der Waals surface area (Å²) in [5.41, 5.74) is 46.7. The average Bonchev–Trinajstić information content (AvgIpc) is 0.851. The number of hydrogen-bond acceptors (Lipinski definition) is 19. The van der Waals surface area contributed by atoms with E-state index in [1.807, 2.05) is 6.92 Å². The highest BCUT2D eigenvalue weighted by Gasteiger charge is 2.29. The van der Waals surface area contributed by atoms with Gasteiger partial charge >= 0.3 is 0 Å². The van der Waals surface area contributed by atoms with Crippen LogP contribution in [0.2, 0.25) is 0 Å². The van der Waals surface area contributed by atoms with Gasteiger partial charge < -0.3 is 96.7 Å². The highest BCUT2D eigenvalue weighted by atomic mass is 16.5. The second-order valence-corrected chi connectivity index (χ2v) is 23.7. The van der Waals surface area contributed by atoms with Crippen LogP contribution < -0.4 is 96.7 Å². The van der Waals surface area contributed by atoms with Crippen molar-refractivity contribution in [3.63, 3.8) is 0 Å². The van der Waals surface area contributed by atoms with Gasteiger partial charge in [0.25, 0.3) is 23.6 Å². The van der Waals surface area contributed by atoms with Gasteiger partial charge in [-0.3, -0.25) is 58.1 Å². The number of hydrogen-bond donors (Lipinski definition) is 14. The van der Waals surface area contributed by atoms with Crippen molar-refractivity contribution in [2.45, 2.75) is 147 Å². The Morgan fingerprint density at radius 1 is 0.414 bits per heavy atom. The summed E-state index contributed by atoms with van der Waals surface area (Å²) < 4.78 is 22.2. The fourth-order valence-electron chi connectivity index (χ4n) is 10.5. The largest absolute Gasteiger partial charge is 0.496 e. The van der Waals surface area contributed by atoms with E-state index in [2.05, 4.69) is 46.9 Å². The van der Waals surface area contributed by atoms with Gasteiger partial charge in [0.2, 0.25) is 5.91 Å². The molecule has 0 aliphatic rings. The van der Waals surface area contributed by atoms with E-state index < -0.39 is 59.2 Å². The predicted octanol–water partition coefficient (Wildman–Crippen LogP) is 1.15. The molecule has 5 amide bonds. The molecule has 540 valence electrons. The summed E-state index contributed by atoms with van der Waals surface area (Å²) in [7, 11) is 5.50. The highest BCUT2D eigenvalue weighted by Crippen LogP contribution is 2.27. The minimum Gasteiger partial charge on any atom is -0.496 e. The first kappa shape index (κ1) is 81.2. The van der Waals surface area contributed by atoms with E-state index in [-0.39, 0.29) is 171 Å². The maximum atomic E-state index is 14.6. The summed E-state index contributed by atoms with van der Waals surface area (Å²) in [4.78, 5) is 138.